The summed E-state index contributed by atoms with van der Waals surface area (Å²) in [7, 11) is 0. The van der Waals surface area contributed by atoms with Crippen molar-refractivity contribution in [1.29, 1.82) is 0 Å². The Labute approximate surface area is 172 Å². The maximum absolute atomic E-state index is 13.8. The maximum atomic E-state index is 13.8. The van der Waals surface area contributed by atoms with E-state index in [9.17, 15) is 9.18 Å². The molecule has 0 aromatic heterocycles. The molecule has 1 saturated carbocycles. The van der Waals surface area contributed by atoms with Crippen LogP contribution >= 0.6 is 0 Å². The number of carbonyl (C=O) groups is 1. The molecule has 0 radical (unpaired) electrons. The molecule has 1 heterocycles. The highest BCUT2D eigenvalue weighted by atomic mass is 19.1. The Morgan fingerprint density at radius 2 is 1.76 bits per heavy atom. The van der Waals surface area contributed by atoms with Crippen LogP contribution in [0.3, 0.4) is 0 Å². The lowest BCUT2D eigenvalue weighted by Crippen LogP contribution is -2.55. The van der Waals surface area contributed by atoms with Crippen LogP contribution in [0.25, 0.3) is 0 Å². The average Bonchev–Trinajstić information content (AvgIpc) is 3.54. The predicted octanol–water partition coefficient (Wildman–Crippen LogP) is 3.92. The molecule has 2 aliphatic rings. The molecule has 1 saturated heterocycles. The average molecular weight is 396 g/mol. The van der Waals surface area contributed by atoms with Crippen molar-refractivity contribution in [1.82, 2.24) is 9.80 Å². The first-order chi connectivity index (χ1) is 14.1. The normalized spacial score (nSPS) is 19.1. The van der Waals surface area contributed by atoms with E-state index in [1.807, 2.05) is 13.0 Å². The van der Waals surface area contributed by atoms with Gasteiger partial charge in [-0.3, -0.25) is 14.6 Å². The zero-order valence-corrected chi connectivity index (χ0v) is 17.2. The zero-order valence-electron chi connectivity index (χ0n) is 17.2. The van der Waals surface area contributed by atoms with Crippen LogP contribution in [0.2, 0.25) is 0 Å². The SMILES string of the molecule is CCC(=O)N(CC1(N2CCN(Cc3ccccc3)CC2)CC1)c1cccc(F)c1. The summed E-state index contributed by atoms with van der Waals surface area (Å²) in [5.74, 6) is -0.236. The van der Waals surface area contributed by atoms with Crippen molar-refractivity contribution in [3.63, 3.8) is 0 Å². The Hall–Kier alpha value is -2.24. The number of rotatable bonds is 7. The first-order valence-electron chi connectivity index (χ1n) is 10.7. The van der Waals surface area contributed by atoms with E-state index in [1.165, 1.54) is 17.7 Å². The highest BCUT2D eigenvalue weighted by Crippen LogP contribution is 2.43. The quantitative estimate of drug-likeness (QED) is 0.711. The van der Waals surface area contributed by atoms with Crippen LogP contribution < -0.4 is 4.90 Å². The van der Waals surface area contributed by atoms with E-state index in [0.29, 0.717) is 18.7 Å². The Morgan fingerprint density at radius 1 is 1.03 bits per heavy atom. The first kappa shape index (κ1) is 20.0. The van der Waals surface area contributed by atoms with Gasteiger partial charge < -0.3 is 4.90 Å². The van der Waals surface area contributed by atoms with Crippen molar-refractivity contribution < 1.29 is 9.18 Å². The molecule has 0 N–H and O–H groups in total. The smallest absolute Gasteiger partial charge is 0.226 e. The van der Waals surface area contributed by atoms with Gasteiger partial charge in [-0.25, -0.2) is 4.39 Å². The molecule has 154 valence electrons. The molecule has 5 heteroatoms. The molecule has 2 aromatic carbocycles. The maximum Gasteiger partial charge on any atom is 0.226 e. The van der Waals surface area contributed by atoms with Gasteiger partial charge in [0.1, 0.15) is 5.82 Å². The number of hydrogen-bond donors (Lipinski definition) is 0. The zero-order chi connectivity index (χ0) is 20.3. The van der Waals surface area contributed by atoms with Gasteiger partial charge in [-0.2, -0.15) is 0 Å². The molecule has 0 unspecified atom stereocenters. The second-order valence-corrected chi connectivity index (χ2v) is 8.29. The van der Waals surface area contributed by atoms with Crippen LogP contribution in [0, 0.1) is 5.82 Å². The van der Waals surface area contributed by atoms with Crippen LogP contribution in [-0.2, 0) is 11.3 Å². The largest absolute Gasteiger partial charge is 0.310 e. The molecule has 2 aromatic rings. The highest BCUT2D eigenvalue weighted by Gasteiger charge is 2.50. The third-order valence-electron chi connectivity index (χ3n) is 6.30. The van der Waals surface area contributed by atoms with Gasteiger partial charge in [0.05, 0.1) is 0 Å². The monoisotopic (exact) mass is 395 g/mol. The number of benzene rings is 2. The van der Waals surface area contributed by atoms with E-state index in [4.69, 9.17) is 0 Å². The van der Waals surface area contributed by atoms with E-state index in [0.717, 1.165) is 45.6 Å². The predicted molar refractivity (Wildman–Crippen MR) is 114 cm³/mol. The molecule has 0 spiro atoms. The van der Waals surface area contributed by atoms with Gasteiger partial charge in [0.25, 0.3) is 0 Å². The molecule has 1 aliphatic carbocycles. The molecule has 1 amide bonds. The third kappa shape index (κ3) is 4.68. The Kier molecular flexibility index (Phi) is 5.97. The van der Waals surface area contributed by atoms with Crippen LogP contribution in [0.5, 0.6) is 0 Å². The molecular weight excluding hydrogens is 365 g/mol. The fourth-order valence-corrected chi connectivity index (χ4v) is 4.39. The van der Waals surface area contributed by atoms with Crippen LogP contribution in [0.15, 0.2) is 54.6 Å². The Bertz CT molecular complexity index is 829. The number of anilines is 1. The number of hydrogen-bond acceptors (Lipinski definition) is 3. The molecular formula is C24H30FN3O. The number of halogens is 1. The van der Waals surface area contributed by atoms with Crippen molar-refractivity contribution in [3.8, 4) is 0 Å². The molecule has 2 fully saturated rings. The fourth-order valence-electron chi connectivity index (χ4n) is 4.39. The van der Waals surface area contributed by atoms with Gasteiger partial charge in [-0.05, 0) is 36.6 Å². The Morgan fingerprint density at radius 3 is 2.38 bits per heavy atom. The van der Waals surface area contributed by atoms with E-state index in [2.05, 4.69) is 40.1 Å². The second kappa shape index (κ2) is 8.64. The van der Waals surface area contributed by atoms with Crippen molar-refractivity contribution in [2.45, 2.75) is 38.3 Å². The minimum Gasteiger partial charge on any atom is -0.310 e. The Balaban J connectivity index is 1.40. The third-order valence-corrected chi connectivity index (χ3v) is 6.30. The molecule has 0 atom stereocenters. The van der Waals surface area contributed by atoms with E-state index < -0.39 is 0 Å². The van der Waals surface area contributed by atoms with Crippen molar-refractivity contribution >= 4 is 11.6 Å². The summed E-state index contributed by atoms with van der Waals surface area (Å²) in [6.07, 6.45) is 2.64. The number of amides is 1. The first-order valence-corrected chi connectivity index (χ1v) is 10.7. The summed E-state index contributed by atoms with van der Waals surface area (Å²) in [4.78, 5) is 19.5. The van der Waals surface area contributed by atoms with Gasteiger partial charge in [0, 0.05) is 56.9 Å². The van der Waals surface area contributed by atoms with Gasteiger partial charge in [-0.15, -0.1) is 0 Å². The topological polar surface area (TPSA) is 26.8 Å². The standard InChI is InChI=1S/C24H30FN3O/c1-2-23(29)28(22-10-6-9-21(25)17-22)19-24(11-12-24)27-15-13-26(14-16-27)18-20-7-4-3-5-8-20/h3-10,17H,2,11-16,18-19H2,1H3. The lowest BCUT2D eigenvalue weighted by molar-refractivity contribution is -0.118. The van der Waals surface area contributed by atoms with E-state index >= 15 is 0 Å². The van der Waals surface area contributed by atoms with Gasteiger partial charge >= 0.3 is 0 Å². The minimum atomic E-state index is -0.296. The highest BCUT2D eigenvalue weighted by molar-refractivity contribution is 5.93. The summed E-state index contributed by atoms with van der Waals surface area (Å²) >= 11 is 0. The molecule has 29 heavy (non-hydrogen) atoms. The lowest BCUT2D eigenvalue weighted by Gasteiger charge is -2.41. The summed E-state index contributed by atoms with van der Waals surface area (Å²) in [6.45, 7) is 7.63. The molecule has 4 nitrogen and oxygen atoms in total. The van der Waals surface area contributed by atoms with Crippen molar-refractivity contribution in [3.05, 3.63) is 66.0 Å². The van der Waals surface area contributed by atoms with Crippen molar-refractivity contribution in [2.75, 3.05) is 37.6 Å². The van der Waals surface area contributed by atoms with E-state index in [1.54, 1.807) is 11.0 Å². The summed E-state index contributed by atoms with van der Waals surface area (Å²) in [5.41, 5.74) is 2.08. The number of nitrogens with zero attached hydrogens (tertiary/aromatic N) is 3. The number of carbonyl (C=O) groups excluding carboxylic acids is 1. The fraction of sp³-hybridized carbons (Fsp3) is 0.458. The molecule has 0 bridgehead atoms. The summed E-state index contributed by atoms with van der Waals surface area (Å²) in [5, 5.41) is 0. The van der Waals surface area contributed by atoms with E-state index in [-0.39, 0.29) is 17.3 Å². The van der Waals surface area contributed by atoms with Gasteiger partial charge in [0.2, 0.25) is 5.91 Å². The van der Waals surface area contributed by atoms with Gasteiger partial charge in [0.15, 0.2) is 0 Å². The second-order valence-electron chi connectivity index (χ2n) is 8.29. The van der Waals surface area contributed by atoms with Crippen molar-refractivity contribution in [2.24, 2.45) is 0 Å². The summed E-state index contributed by atoms with van der Waals surface area (Å²) in [6, 6.07) is 17.0. The lowest BCUT2D eigenvalue weighted by atomic mass is 10.1. The van der Waals surface area contributed by atoms with Crippen LogP contribution in [-0.4, -0.2) is 54.0 Å². The minimum absolute atomic E-state index is 0.0516. The van der Waals surface area contributed by atoms with Crippen LogP contribution in [0.4, 0.5) is 10.1 Å². The number of piperazine rings is 1. The van der Waals surface area contributed by atoms with Crippen LogP contribution in [0.1, 0.15) is 31.7 Å². The molecule has 4 rings (SSSR count). The molecule has 1 aliphatic heterocycles. The van der Waals surface area contributed by atoms with Gasteiger partial charge in [-0.1, -0.05) is 43.3 Å². The summed E-state index contributed by atoms with van der Waals surface area (Å²) < 4.78 is 13.8.